The van der Waals surface area contributed by atoms with Gasteiger partial charge in [0, 0.05) is 10.4 Å². The summed E-state index contributed by atoms with van der Waals surface area (Å²) in [6.07, 6.45) is 0. The molecule has 1 rings (SSSR count). The highest BCUT2D eigenvalue weighted by atomic mass is 35.5. The first-order valence-corrected chi connectivity index (χ1v) is 4.98. The maximum Gasteiger partial charge on any atom is 0.148 e. The Morgan fingerprint density at radius 2 is 2.00 bits per heavy atom. The number of benzene rings is 1. The van der Waals surface area contributed by atoms with E-state index in [2.05, 4.69) is 4.99 Å². The Morgan fingerprint density at radius 3 is 2.53 bits per heavy atom. The van der Waals surface area contributed by atoms with Crippen LogP contribution in [0.1, 0.15) is 20.8 Å². The van der Waals surface area contributed by atoms with Gasteiger partial charge in [0.2, 0.25) is 0 Å². The van der Waals surface area contributed by atoms with Gasteiger partial charge in [-0.2, -0.15) is 0 Å². The first-order chi connectivity index (χ1) is 6.80. The molecule has 0 aliphatic carbocycles. The first-order valence-electron chi connectivity index (χ1n) is 4.60. The van der Waals surface area contributed by atoms with Crippen LogP contribution in [0.25, 0.3) is 0 Å². The van der Waals surface area contributed by atoms with Crippen molar-refractivity contribution in [2.24, 2.45) is 16.1 Å². The molecule has 0 aliphatic rings. The zero-order valence-electron chi connectivity index (χ0n) is 9.01. The van der Waals surface area contributed by atoms with E-state index >= 15 is 0 Å². The molecule has 0 heterocycles. The lowest BCUT2D eigenvalue weighted by Gasteiger charge is -2.17. The van der Waals surface area contributed by atoms with Crippen LogP contribution in [0, 0.1) is 11.2 Å². The molecule has 1 aromatic carbocycles. The van der Waals surface area contributed by atoms with Crippen LogP contribution in [0.2, 0.25) is 5.02 Å². The molecule has 4 heteroatoms. The van der Waals surface area contributed by atoms with Crippen molar-refractivity contribution in [3.8, 4) is 0 Å². The maximum absolute atomic E-state index is 13.3. The van der Waals surface area contributed by atoms with E-state index in [9.17, 15) is 4.39 Å². The average Bonchev–Trinajstić information content (AvgIpc) is 2.09. The number of hydrogen-bond acceptors (Lipinski definition) is 1. The van der Waals surface area contributed by atoms with Crippen LogP contribution < -0.4 is 5.73 Å². The number of aliphatic imine (C=N–C) groups is 1. The molecule has 0 spiro atoms. The molecule has 15 heavy (non-hydrogen) atoms. The summed E-state index contributed by atoms with van der Waals surface area (Å²) >= 11 is 5.74. The number of rotatable bonds is 1. The van der Waals surface area contributed by atoms with Crippen molar-refractivity contribution >= 4 is 23.1 Å². The third-order valence-corrected chi connectivity index (χ3v) is 2.15. The molecule has 0 radical (unpaired) electrons. The van der Waals surface area contributed by atoms with E-state index in [4.69, 9.17) is 17.3 Å². The molecule has 0 fully saturated rings. The zero-order valence-corrected chi connectivity index (χ0v) is 9.77. The fourth-order valence-electron chi connectivity index (χ4n) is 0.869. The zero-order chi connectivity index (χ0) is 11.6. The maximum atomic E-state index is 13.3. The number of amidine groups is 1. The molecule has 2 nitrogen and oxygen atoms in total. The van der Waals surface area contributed by atoms with Crippen LogP contribution in [0.5, 0.6) is 0 Å². The van der Waals surface area contributed by atoms with Crippen molar-refractivity contribution in [1.82, 2.24) is 0 Å². The van der Waals surface area contributed by atoms with Crippen molar-refractivity contribution < 1.29 is 4.39 Å². The number of nitrogens with zero attached hydrogens (tertiary/aromatic N) is 1. The SMILES string of the molecule is CC(C)(C)C(N)=Nc1cc(Cl)ccc1F. The summed E-state index contributed by atoms with van der Waals surface area (Å²) in [6, 6.07) is 4.20. The van der Waals surface area contributed by atoms with Gasteiger partial charge < -0.3 is 5.73 Å². The Morgan fingerprint density at radius 1 is 1.40 bits per heavy atom. The van der Waals surface area contributed by atoms with Crippen molar-refractivity contribution in [1.29, 1.82) is 0 Å². The van der Waals surface area contributed by atoms with Crippen LogP contribution in [0.3, 0.4) is 0 Å². The Kier molecular flexibility index (Phi) is 3.35. The van der Waals surface area contributed by atoms with Gasteiger partial charge >= 0.3 is 0 Å². The van der Waals surface area contributed by atoms with E-state index in [1.165, 1.54) is 18.2 Å². The molecule has 82 valence electrons. The summed E-state index contributed by atoms with van der Waals surface area (Å²) in [4.78, 5) is 4.03. The molecule has 0 unspecified atom stereocenters. The van der Waals surface area contributed by atoms with Gasteiger partial charge in [0.15, 0.2) is 0 Å². The summed E-state index contributed by atoms with van der Waals surface area (Å²) < 4.78 is 13.3. The van der Waals surface area contributed by atoms with Gasteiger partial charge in [0.05, 0.1) is 0 Å². The third kappa shape index (κ3) is 3.20. The molecular formula is C11H14ClFN2. The first kappa shape index (κ1) is 12.0. The monoisotopic (exact) mass is 228 g/mol. The van der Waals surface area contributed by atoms with E-state index in [0.29, 0.717) is 10.9 Å². The van der Waals surface area contributed by atoms with Gasteiger partial charge in [-0.3, -0.25) is 0 Å². The third-order valence-electron chi connectivity index (χ3n) is 1.92. The van der Waals surface area contributed by atoms with Gasteiger partial charge in [-0.05, 0) is 18.2 Å². The van der Waals surface area contributed by atoms with E-state index < -0.39 is 5.82 Å². The molecule has 0 aromatic heterocycles. The fraction of sp³-hybridized carbons (Fsp3) is 0.364. The summed E-state index contributed by atoms with van der Waals surface area (Å²) in [5.74, 6) is -0.0460. The second-order valence-corrected chi connectivity index (χ2v) is 4.78. The highest BCUT2D eigenvalue weighted by molar-refractivity contribution is 6.30. The molecule has 0 aliphatic heterocycles. The summed E-state index contributed by atoms with van der Waals surface area (Å²) in [6.45, 7) is 5.73. The van der Waals surface area contributed by atoms with Gasteiger partial charge in [-0.15, -0.1) is 0 Å². The number of hydrogen-bond donors (Lipinski definition) is 1. The van der Waals surface area contributed by atoms with Crippen LogP contribution in [0.4, 0.5) is 10.1 Å². The van der Waals surface area contributed by atoms with Crippen LogP contribution in [-0.2, 0) is 0 Å². The smallest absolute Gasteiger partial charge is 0.148 e. The van der Waals surface area contributed by atoms with Gasteiger partial charge in [-0.1, -0.05) is 32.4 Å². The normalized spacial score (nSPS) is 13.0. The molecule has 0 atom stereocenters. The van der Waals surface area contributed by atoms with Crippen molar-refractivity contribution in [3.63, 3.8) is 0 Å². The summed E-state index contributed by atoms with van der Waals surface area (Å²) in [5, 5.41) is 0.442. The summed E-state index contributed by atoms with van der Waals surface area (Å²) in [7, 11) is 0. The Bertz CT molecular complexity index is 394. The number of nitrogens with two attached hydrogens (primary N) is 1. The Balaban J connectivity index is 3.13. The second kappa shape index (κ2) is 4.19. The minimum atomic E-state index is -0.424. The minimum Gasteiger partial charge on any atom is -0.387 e. The fourth-order valence-corrected chi connectivity index (χ4v) is 1.04. The molecule has 0 amide bonds. The molecule has 1 aromatic rings. The number of halogens is 2. The summed E-state index contributed by atoms with van der Waals surface area (Å²) in [5.41, 5.74) is 5.63. The van der Waals surface area contributed by atoms with Crippen LogP contribution >= 0.6 is 11.6 Å². The predicted octanol–water partition coefficient (Wildman–Crippen LogP) is 3.51. The van der Waals surface area contributed by atoms with Crippen LogP contribution in [0.15, 0.2) is 23.2 Å². The quantitative estimate of drug-likeness (QED) is 0.580. The molecule has 0 saturated carbocycles. The van der Waals surface area contributed by atoms with Gasteiger partial charge in [-0.25, -0.2) is 9.38 Å². The van der Waals surface area contributed by atoms with E-state index in [1.54, 1.807) is 0 Å². The minimum absolute atomic E-state index is 0.176. The highest BCUT2D eigenvalue weighted by Gasteiger charge is 2.16. The van der Waals surface area contributed by atoms with Gasteiger partial charge in [0.1, 0.15) is 17.3 Å². The molecule has 0 saturated heterocycles. The molecule has 0 bridgehead atoms. The molecular weight excluding hydrogens is 215 g/mol. The lowest BCUT2D eigenvalue weighted by molar-refractivity contribution is 0.583. The predicted molar refractivity (Wildman–Crippen MR) is 62.1 cm³/mol. The largest absolute Gasteiger partial charge is 0.387 e. The van der Waals surface area contributed by atoms with E-state index in [1.807, 2.05) is 20.8 Å². The van der Waals surface area contributed by atoms with Crippen molar-refractivity contribution in [2.45, 2.75) is 20.8 Å². The topological polar surface area (TPSA) is 38.4 Å². The van der Waals surface area contributed by atoms with Crippen molar-refractivity contribution in [2.75, 3.05) is 0 Å². The average molecular weight is 229 g/mol. The Hall–Kier alpha value is -1.09. The van der Waals surface area contributed by atoms with Crippen LogP contribution in [-0.4, -0.2) is 5.84 Å². The second-order valence-electron chi connectivity index (χ2n) is 4.34. The van der Waals surface area contributed by atoms with E-state index in [-0.39, 0.29) is 11.1 Å². The lowest BCUT2D eigenvalue weighted by Crippen LogP contribution is -2.28. The standard InChI is InChI=1S/C11H14ClFN2/c1-11(2,3)10(14)15-9-6-7(12)4-5-8(9)13/h4-6H,1-3H3,(H2,14,15). The van der Waals surface area contributed by atoms with Gasteiger partial charge in [0.25, 0.3) is 0 Å². The molecule has 2 N–H and O–H groups in total. The van der Waals surface area contributed by atoms with Crippen molar-refractivity contribution in [3.05, 3.63) is 29.0 Å². The van der Waals surface area contributed by atoms with E-state index in [0.717, 1.165) is 0 Å². The Labute approximate surface area is 94.0 Å². The highest BCUT2D eigenvalue weighted by Crippen LogP contribution is 2.24. The lowest BCUT2D eigenvalue weighted by atomic mass is 9.95.